The molecule has 27 heavy (non-hydrogen) atoms. The maximum atomic E-state index is 14.7. The standard InChI is InChI=1S/C20H24F2N2O3/c21-15-11-13(24-8-6-20(7-9-24)5-1-2-10-27-20)12-16(22)18(15)14-3-4-17(25)23-19(14)26/h11-12,14H,1-10H2,(H,23,25,26). The van der Waals surface area contributed by atoms with Crippen LogP contribution in [0.1, 0.15) is 56.4 Å². The third-order valence-electron chi connectivity index (χ3n) is 6.13. The van der Waals surface area contributed by atoms with Crippen molar-refractivity contribution in [3.8, 4) is 0 Å². The number of piperidine rings is 2. The number of benzene rings is 1. The lowest BCUT2D eigenvalue weighted by Gasteiger charge is -2.44. The van der Waals surface area contributed by atoms with Crippen molar-refractivity contribution < 1.29 is 23.1 Å². The highest BCUT2D eigenvalue weighted by Gasteiger charge is 2.38. The summed E-state index contributed by atoms with van der Waals surface area (Å²) >= 11 is 0. The van der Waals surface area contributed by atoms with Gasteiger partial charge in [0.25, 0.3) is 0 Å². The third kappa shape index (κ3) is 3.57. The molecule has 1 unspecified atom stereocenters. The molecule has 5 nitrogen and oxygen atoms in total. The number of nitrogens with one attached hydrogen (secondary N) is 1. The number of carbonyl (C=O) groups excluding carboxylic acids is 2. The fraction of sp³-hybridized carbons (Fsp3) is 0.600. The van der Waals surface area contributed by atoms with E-state index in [4.69, 9.17) is 4.74 Å². The van der Waals surface area contributed by atoms with Gasteiger partial charge >= 0.3 is 0 Å². The quantitative estimate of drug-likeness (QED) is 0.804. The maximum Gasteiger partial charge on any atom is 0.234 e. The van der Waals surface area contributed by atoms with E-state index in [2.05, 4.69) is 5.32 Å². The largest absolute Gasteiger partial charge is 0.375 e. The predicted molar refractivity (Wildman–Crippen MR) is 95.5 cm³/mol. The minimum Gasteiger partial charge on any atom is -0.375 e. The summed E-state index contributed by atoms with van der Waals surface area (Å²) in [6, 6.07) is 2.61. The first-order valence-electron chi connectivity index (χ1n) is 9.69. The number of carbonyl (C=O) groups is 2. The number of imide groups is 1. The molecule has 0 aliphatic carbocycles. The van der Waals surface area contributed by atoms with Crippen LogP contribution in [0.4, 0.5) is 14.5 Å². The first kappa shape index (κ1) is 18.3. The summed E-state index contributed by atoms with van der Waals surface area (Å²) in [7, 11) is 0. The minimum absolute atomic E-state index is 0.0709. The van der Waals surface area contributed by atoms with Crippen molar-refractivity contribution in [1.29, 1.82) is 0 Å². The Morgan fingerprint density at radius 2 is 1.78 bits per heavy atom. The number of rotatable bonds is 2. The monoisotopic (exact) mass is 378 g/mol. The summed E-state index contributed by atoms with van der Waals surface area (Å²) in [5, 5.41) is 2.16. The van der Waals surface area contributed by atoms with Crippen molar-refractivity contribution in [2.75, 3.05) is 24.6 Å². The van der Waals surface area contributed by atoms with E-state index >= 15 is 0 Å². The van der Waals surface area contributed by atoms with E-state index in [1.165, 1.54) is 18.6 Å². The summed E-state index contributed by atoms with van der Waals surface area (Å²) in [6.45, 7) is 2.18. The number of hydrogen-bond acceptors (Lipinski definition) is 4. The molecular formula is C20H24F2N2O3. The van der Waals surface area contributed by atoms with Crippen LogP contribution < -0.4 is 10.2 Å². The second kappa shape index (κ2) is 7.19. The van der Waals surface area contributed by atoms with E-state index in [9.17, 15) is 18.4 Å². The zero-order chi connectivity index (χ0) is 19.0. The van der Waals surface area contributed by atoms with Gasteiger partial charge in [0.05, 0.1) is 11.5 Å². The van der Waals surface area contributed by atoms with Crippen molar-refractivity contribution in [3.05, 3.63) is 29.3 Å². The Labute approximate surface area is 157 Å². The molecule has 0 radical (unpaired) electrons. The van der Waals surface area contributed by atoms with E-state index < -0.39 is 29.4 Å². The molecule has 0 bridgehead atoms. The van der Waals surface area contributed by atoms with Crippen molar-refractivity contribution in [2.24, 2.45) is 0 Å². The van der Waals surface area contributed by atoms with Crippen molar-refractivity contribution in [3.63, 3.8) is 0 Å². The van der Waals surface area contributed by atoms with E-state index in [1.807, 2.05) is 4.90 Å². The summed E-state index contributed by atoms with van der Waals surface area (Å²) in [5.41, 5.74) is 0.179. The molecule has 1 N–H and O–H groups in total. The number of hydrogen-bond donors (Lipinski definition) is 1. The Bertz CT molecular complexity index is 729. The fourth-order valence-corrected chi connectivity index (χ4v) is 4.53. The number of amides is 2. The third-order valence-corrected chi connectivity index (χ3v) is 6.13. The molecular weight excluding hydrogens is 354 g/mol. The molecule has 3 fully saturated rings. The Morgan fingerprint density at radius 3 is 2.37 bits per heavy atom. The molecule has 3 aliphatic heterocycles. The van der Waals surface area contributed by atoms with E-state index in [1.54, 1.807) is 0 Å². The zero-order valence-corrected chi connectivity index (χ0v) is 15.2. The summed E-state index contributed by atoms with van der Waals surface area (Å²) in [4.78, 5) is 25.2. The smallest absolute Gasteiger partial charge is 0.234 e. The normalized spacial score (nSPS) is 25.6. The number of halogens is 2. The molecule has 7 heteroatoms. The zero-order valence-electron chi connectivity index (χ0n) is 15.2. The first-order chi connectivity index (χ1) is 13.0. The lowest BCUT2D eigenvalue weighted by molar-refractivity contribution is -0.134. The van der Waals surface area contributed by atoms with E-state index in [0.717, 1.165) is 32.3 Å². The summed E-state index contributed by atoms with van der Waals surface area (Å²) in [5.74, 6) is -3.45. The molecule has 1 atom stereocenters. The van der Waals surface area contributed by atoms with Crippen LogP contribution in [0, 0.1) is 11.6 Å². The van der Waals surface area contributed by atoms with Gasteiger partial charge in [0.1, 0.15) is 11.6 Å². The van der Waals surface area contributed by atoms with Gasteiger partial charge < -0.3 is 9.64 Å². The average molecular weight is 378 g/mol. The van der Waals surface area contributed by atoms with Crippen molar-refractivity contribution >= 4 is 17.5 Å². The Morgan fingerprint density at radius 1 is 1.07 bits per heavy atom. The van der Waals surface area contributed by atoms with Gasteiger partial charge in [0, 0.05) is 37.4 Å². The predicted octanol–water partition coefficient (Wildman–Crippen LogP) is 3.02. The SMILES string of the molecule is O=C1CCC(c2c(F)cc(N3CCC4(CCCCO4)CC3)cc2F)C(=O)N1. The highest BCUT2D eigenvalue weighted by molar-refractivity contribution is 6.01. The highest BCUT2D eigenvalue weighted by Crippen LogP contribution is 2.37. The van der Waals surface area contributed by atoms with Crippen LogP contribution in [0.2, 0.25) is 0 Å². The van der Waals surface area contributed by atoms with E-state index in [0.29, 0.717) is 18.8 Å². The van der Waals surface area contributed by atoms with Gasteiger partial charge in [0.2, 0.25) is 11.8 Å². The van der Waals surface area contributed by atoms with Crippen LogP contribution in [0.5, 0.6) is 0 Å². The average Bonchev–Trinajstić information content (AvgIpc) is 2.64. The van der Waals surface area contributed by atoms with Gasteiger partial charge in [-0.2, -0.15) is 0 Å². The molecule has 0 saturated carbocycles. The van der Waals surface area contributed by atoms with Crippen LogP contribution in [-0.2, 0) is 14.3 Å². The van der Waals surface area contributed by atoms with Crippen LogP contribution in [0.25, 0.3) is 0 Å². The molecule has 4 rings (SSSR count). The van der Waals surface area contributed by atoms with Crippen LogP contribution >= 0.6 is 0 Å². The number of anilines is 1. The van der Waals surface area contributed by atoms with Gasteiger partial charge in [-0.15, -0.1) is 0 Å². The second-order valence-electron chi connectivity index (χ2n) is 7.80. The van der Waals surface area contributed by atoms with Gasteiger partial charge in [-0.05, 0) is 50.7 Å². The van der Waals surface area contributed by atoms with E-state index in [-0.39, 0.29) is 24.0 Å². The fourth-order valence-electron chi connectivity index (χ4n) is 4.53. The maximum absolute atomic E-state index is 14.7. The lowest BCUT2D eigenvalue weighted by atomic mass is 9.84. The Kier molecular flexibility index (Phi) is 4.88. The van der Waals surface area contributed by atoms with Gasteiger partial charge in [-0.1, -0.05) is 0 Å². The summed E-state index contributed by atoms with van der Waals surface area (Å²) in [6.07, 6.45) is 5.24. The van der Waals surface area contributed by atoms with Crippen molar-refractivity contribution in [2.45, 2.75) is 56.5 Å². The molecule has 2 amide bonds. The van der Waals surface area contributed by atoms with Gasteiger partial charge in [0.15, 0.2) is 0 Å². The van der Waals surface area contributed by atoms with Gasteiger partial charge in [-0.3, -0.25) is 14.9 Å². The molecule has 3 heterocycles. The molecule has 0 aromatic heterocycles. The van der Waals surface area contributed by atoms with Crippen molar-refractivity contribution in [1.82, 2.24) is 5.32 Å². The minimum atomic E-state index is -0.961. The van der Waals surface area contributed by atoms with Crippen LogP contribution in [-0.4, -0.2) is 37.1 Å². The summed E-state index contributed by atoms with van der Waals surface area (Å²) < 4.78 is 35.4. The molecule has 1 aromatic carbocycles. The number of ether oxygens (including phenoxy) is 1. The van der Waals surface area contributed by atoms with Crippen LogP contribution in [0.15, 0.2) is 12.1 Å². The lowest BCUT2D eigenvalue weighted by Crippen LogP contribution is -2.47. The molecule has 1 aromatic rings. The second-order valence-corrected chi connectivity index (χ2v) is 7.80. The topological polar surface area (TPSA) is 58.6 Å². The Balaban J connectivity index is 1.51. The molecule has 3 aliphatic rings. The molecule has 146 valence electrons. The van der Waals surface area contributed by atoms with Gasteiger partial charge in [-0.25, -0.2) is 8.78 Å². The number of nitrogens with zero attached hydrogens (tertiary/aromatic N) is 1. The highest BCUT2D eigenvalue weighted by atomic mass is 19.1. The Hall–Kier alpha value is -2.02. The molecule has 1 spiro atoms. The van der Waals surface area contributed by atoms with Crippen LogP contribution in [0.3, 0.4) is 0 Å². The first-order valence-corrected chi connectivity index (χ1v) is 9.69. The molecule has 3 saturated heterocycles.